The van der Waals surface area contributed by atoms with Crippen molar-refractivity contribution in [2.24, 2.45) is 5.92 Å². The topological polar surface area (TPSA) is 66.4 Å². The number of amides is 1. The monoisotopic (exact) mass is 365 g/mol. The summed E-state index contributed by atoms with van der Waals surface area (Å²) in [6.45, 7) is 11.3. The molecule has 0 aromatic heterocycles. The number of hydrogen-bond donors (Lipinski definition) is 2. The standard InChI is InChI=1S/C23H27NO3/c1-14-13-22(2,3)18-11-8-16(12-19(18)23(14,4)5)20(25)24-17-9-6-15(7-10-17)21(26)27/h6-12,14H,13H2,1-5H3,(H,24,25)(H,26,27). The van der Waals surface area contributed by atoms with Crippen molar-refractivity contribution in [3.63, 3.8) is 0 Å². The van der Waals surface area contributed by atoms with Gasteiger partial charge in [0.25, 0.3) is 5.91 Å². The van der Waals surface area contributed by atoms with Crippen molar-refractivity contribution >= 4 is 17.6 Å². The first-order chi connectivity index (χ1) is 12.5. The van der Waals surface area contributed by atoms with Gasteiger partial charge >= 0.3 is 5.97 Å². The number of carboxylic acids is 1. The first-order valence-electron chi connectivity index (χ1n) is 9.32. The van der Waals surface area contributed by atoms with Gasteiger partial charge in [0.05, 0.1) is 5.56 Å². The third kappa shape index (κ3) is 3.48. The average Bonchev–Trinajstić information content (AvgIpc) is 2.60. The number of carbonyl (C=O) groups is 2. The summed E-state index contributed by atoms with van der Waals surface area (Å²) in [5.74, 6) is -0.656. The molecule has 1 atom stereocenters. The first kappa shape index (κ1) is 19.2. The number of hydrogen-bond acceptors (Lipinski definition) is 2. The zero-order valence-electron chi connectivity index (χ0n) is 16.6. The Bertz CT molecular complexity index is 894. The van der Waals surface area contributed by atoms with Gasteiger partial charge in [0, 0.05) is 11.3 Å². The minimum Gasteiger partial charge on any atom is -0.478 e. The van der Waals surface area contributed by atoms with Gasteiger partial charge in [0.15, 0.2) is 0 Å². The number of benzene rings is 2. The summed E-state index contributed by atoms with van der Waals surface area (Å²) < 4.78 is 0. The minimum atomic E-state index is -0.985. The molecular weight excluding hydrogens is 338 g/mol. The number of carboxylic acid groups (broad SMARTS) is 1. The van der Waals surface area contributed by atoms with Crippen molar-refractivity contribution in [2.45, 2.75) is 51.9 Å². The fraction of sp³-hybridized carbons (Fsp3) is 0.391. The van der Waals surface area contributed by atoms with E-state index in [9.17, 15) is 9.59 Å². The van der Waals surface area contributed by atoms with Crippen LogP contribution in [0.25, 0.3) is 0 Å². The molecule has 0 saturated heterocycles. The molecule has 1 aliphatic carbocycles. The Balaban J connectivity index is 1.91. The molecule has 0 radical (unpaired) electrons. The predicted molar refractivity (Wildman–Crippen MR) is 108 cm³/mol. The van der Waals surface area contributed by atoms with E-state index in [1.54, 1.807) is 12.1 Å². The third-order valence-electron chi connectivity index (χ3n) is 6.14. The summed E-state index contributed by atoms with van der Waals surface area (Å²) in [5.41, 5.74) is 4.04. The van der Waals surface area contributed by atoms with Crippen LogP contribution in [0.3, 0.4) is 0 Å². The Morgan fingerprint density at radius 3 is 2.15 bits per heavy atom. The Labute approximate surface area is 160 Å². The third-order valence-corrected chi connectivity index (χ3v) is 6.14. The van der Waals surface area contributed by atoms with E-state index >= 15 is 0 Å². The van der Waals surface area contributed by atoms with Gasteiger partial charge in [-0.25, -0.2) is 4.79 Å². The van der Waals surface area contributed by atoms with E-state index in [4.69, 9.17) is 5.11 Å². The van der Waals surface area contributed by atoms with E-state index in [1.165, 1.54) is 23.3 Å². The Morgan fingerprint density at radius 2 is 1.56 bits per heavy atom. The smallest absolute Gasteiger partial charge is 0.335 e. The molecule has 2 aromatic rings. The van der Waals surface area contributed by atoms with Gasteiger partial charge in [-0.3, -0.25) is 4.79 Å². The van der Waals surface area contributed by atoms with Crippen LogP contribution < -0.4 is 5.32 Å². The van der Waals surface area contributed by atoms with Crippen LogP contribution in [-0.4, -0.2) is 17.0 Å². The zero-order valence-corrected chi connectivity index (χ0v) is 16.6. The van der Waals surface area contributed by atoms with Crippen LogP contribution in [-0.2, 0) is 10.8 Å². The van der Waals surface area contributed by atoms with Crippen LogP contribution in [0.4, 0.5) is 5.69 Å². The van der Waals surface area contributed by atoms with Gasteiger partial charge in [-0.1, -0.05) is 40.7 Å². The highest BCUT2D eigenvalue weighted by atomic mass is 16.4. The Hall–Kier alpha value is -2.62. The molecule has 1 amide bonds. The molecule has 0 bridgehead atoms. The van der Waals surface area contributed by atoms with Gasteiger partial charge in [0.2, 0.25) is 0 Å². The second-order valence-electron chi connectivity index (χ2n) is 8.81. The molecule has 0 saturated carbocycles. The van der Waals surface area contributed by atoms with Crippen molar-refractivity contribution in [1.82, 2.24) is 0 Å². The maximum absolute atomic E-state index is 12.7. The van der Waals surface area contributed by atoms with E-state index in [1.807, 2.05) is 12.1 Å². The van der Waals surface area contributed by atoms with Crippen LogP contribution in [0.2, 0.25) is 0 Å². The molecular formula is C23H27NO3. The summed E-state index contributed by atoms with van der Waals surface area (Å²) in [5, 5.41) is 11.8. The zero-order chi connectivity index (χ0) is 20.0. The number of fused-ring (bicyclic) bond motifs is 1. The van der Waals surface area contributed by atoms with Crippen molar-refractivity contribution in [3.8, 4) is 0 Å². The van der Waals surface area contributed by atoms with E-state index in [0.717, 1.165) is 6.42 Å². The van der Waals surface area contributed by atoms with E-state index < -0.39 is 5.97 Å². The van der Waals surface area contributed by atoms with Crippen molar-refractivity contribution < 1.29 is 14.7 Å². The quantitative estimate of drug-likeness (QED) is 0.782. The Kier molecular flexibility index (Phi) is 4.62. The summed E-state index contributed by atoms with van der Waals surface area (Å²) in [6.07, 6.45) is 1.12. The predicted octanol–water partition coefficient (Wildman–Crippen LogP) is 5.23. The lowest BCUT2D eigenvalue weighted by Crippen LogP contribution is -2.40. The van der Waals surface area contributed by atoms with E-state index in [2.05, 4.69) is 46.0 Å². The fourth-order valence-electron chi connectivity index (χ4n) is 4.10. The van der Waals surface area contributed by atoms with Crippen molar-refractivity contribution in [1.29, 1.82) is 0 Å². The molecule has 27 heavy (non-hydrogen) atoms. The highest BCUT2D eigenvalue weighted by Crippen LogP contribution is 2.49. The number of nitrogens with one attached hydrogen (secondary N) is 1. The second-order valence-corrected chi connectivity index (χ2v) is 8.81. The van der Waals surface area contributed by atoms with Crippen molar-refractivity contribution in [3.05, 3.63) is 64.7 Å². The maximum atomic E-state index is 12.7. The molecule has 2 N–H and O–H groups in total. The van der Waals surface area contributed by atoms with Gasteiger partial charge in [-0.15, -0.1) is 0 Å². The molecule has 1 unspecified atom stereocenters. The summed E-state index contributed by atoms with van der Waals surface area (Å²) in [6, 6.07) is 12.2. The lowest BCUT2D eigenvalue weighted by Gasteiger charge is -2.46. The van der Waals surface area contributed by atoms with Gasteiger partial charge < -0.3 is 10.4 Å². The molecule has 0 fully saturated rings. The average molecular weight is 365 g/mol. The van der Waals surface area contributed by atoms with Crippen LogP contribution in [0.5, 0.6) is 0 Å². The maximum Gasteiger partial charge on any atom is 0.335 e. The molecule has 3 rings (SSSR count). The highest BCUT2D eigenvalue weighted by Gasteiger charge is 2.42. The highest BCUT2D eigenvalue weighted by molar-refractivity contribution is 6.04. The molecule has 1 aliphatic rings. The summed E-state index contributed by atoms with van der Waals surface area (Å²) >= 11 is 0. The minimum absolute atomic E-state index is 0.00425. The fourth-order valence-corrected chi connectivity index (χ4v) is 4.10. The number of carbonyl (C=O) groups excluding carboxylic acids is 1. The van der Waals surface area contributed by atoms with Gasteiger partial charge in [0.1, 0.15) is 0 Å². The molecule has 4 heteroatoms. The van der Waals surface area contributed by atoms with Crippen LogP contribution in [0.1, 0.15) is 72.9 Å². The largest absolute Gasteiger partial charge is 0.478 e. The Morgan fingerprint density at radius 1 is 0.963 bits per heavy atom. The lowest BCUT2D eigenvalue weighted by molar-refractivity contribution is 0.0696. The van der Waals surface area contributed by atoms with E-state index in [0.29, 0.717) is 17.2 Å². The summed E-state index contributed by atoms with van der Waals surface area (Å²) in [7, 11) is 0. The number of rotatable bonds is 3. The molecule has 2 aromatic carbocycles. The SMILES string of the molecule is CC1CC(C)(C)c2ccc(C(=O)Nc3ccc(C(=O)O)cc3)cc2C1(C)C. The second kappa shape index (κ2) is 6.52. The first-order valence-corrected chi connectivity index (χ1v) is 9.32. The van der Waals surface area contributed by atoms with Gasteiger partial charge in [-0.2, -0.15) is 0 Å². The van der Waals surface area contributed by atoms with Gasteiger partial charge in [-0.05, 0) is 70.7 Å². The van der Waals surface area contributed by atoms with Crippen LogP contribution in [0.15, 0.2) is 42.5 Å². The van der Waals surface area contributed by atoms with Crippen LogP contribution in [0, 0.1) is 5.92 Å². The molecule has 4 nitrogen and oxygen atoms in total. The van der Waals surface area contributed by atoms with Crippen molar-refractivity contribution in [2.75, 3.05) is 5.32 Å². The van der Waals surface area contributed by atoms with E-state index in [-0.39, 0.29) is 22.3 Å². The summed E-state index contributed by atoms with van der Waals surface area (Å²) in [4.78, 5) is 23.7. The lowest BCUT2D eigenvalue weighted by atomic mass is 9.58. The molecule has 0 spiro atoms. The molecule has 0 aliphatic heterocycles. The number of anilines is 1. The normalized spacial score (nSPS) is 19.8. The van der Waals surface area contributed by atoms with Crippen LogP contribution >= 0.6 is 0 Å². The molecule has 0 heterocycles. The number of aromatic carboxylic acids is 1. The molecule has 142 valence electrons.